The lowest BCUT2D eigenvalue weighted by atomic mass is 10.1. The maximum atomic E-state index is 5.67. The van der Waals surface area contributed by atoms with E-state index >= 15 is 0 Å². The van der Waals surface area contributed by atoms with Crippen LogP contribution in [-0.4, -0.2) is 16.6 Å². The van der Waals surface area contributed by atoms with Crippen LogP contribution in [0.2, 0.25) is 5.28 Å². The van der Waals surface area contributed by atoms with E-state index in [0.29, 0.717) is 18.4 Å². The molecule has 5 heteroatoms. The van der Waals surface area contributed by atoms with Crippen molar-refractivity contribution in [1.82, 2.24) is 9.97 Å². The van der Waals surface area contributed by atoms with Gasteiger partial charge in [-0.3, -0.25) is 0 Å². The van der Waals surface area contributed by atoms with Gasteiger partial charge in [-0.1, -0.05) is 20.3 Å². The molecule has 1 heterocycles. The number of halogens is 2. The second-order valence-electron chi connectivity index (χ2n) is 3.50. The van der Waals surface area contributed by atoms with Gasteiger partial charge in [0.2, 0.25) is 11.2 Å². The Morgan fingerprint density at radius 2 is 2.33 bits per heavy atom. The van der Waals surface area contributed by atoms with Crippen molar-refractivity contribution in [2.24, 2.45) is 5.92 Å². The fraction of sp³-hybridized carbons (Fsp3) is 0.600. The number of rotatable bonds is 5. The third-order valence-electron chi connectivity index (χ3n) is 1.97. The van der Waals surface area contributed by atoms with E-state index in [-0.39, 0.29) is 5.28 Å². The molecule has 0 fully saturated rings. The maximum absolute atomic E-state index is 5.67. The molecule has 84 valence electrons. The molecule has 1 unspecified atom stereocenters. The lowest BCUT2D eigenvalue weighted by Gasteiger charge is -2.11. The average molecular weight is 294 g/mol. The highest BCUT2D eigenvalue weighted by Crippen LogP contribution is 2.23. The number of ether oxygens (including phenoxy) is 1. The first-order valence-corrected chi connectivity index (χ1v) is 6.11. The predicted molar refractivity (Wildman–Crippen MR) is 64.3 cm³/mol. The number of hydrogen-bond donors (Lipinski definition) is 0. The zero-order valence-corrected chi connectivity index (χ0v) is 11.2. The van der Waals surface area contributed by atoms with E-state index in [1.54, 1.807) is 6.20 Å². The quantitative estimate of drug-likeness (QED) is 0.776. The number of hydrogen-bond acceptors (Lipinski definition) is 3. The molecule has 1 atom stereocenters. The van der Waals surface area contributed by atoms with Gasteiger partial charge in [0.25, 0.3) is 0 Å². The van der Waals surface area contributed by atoms with E-state index in [1.165, 1.54) is 0 Å². The van der Waals surface area contributed by atoms with Crippen molar-refractivity contribution in [3.05, 3.63) is 16.0 Å². The first kappa shape index (κ1) is 12.7. The standard InChI is InChI=1S/C10H14BrClN2O/c1-3-4-7(2)6-15-9-8(11)5-13-10(12)14-9/h5,7H,3-4,6H2,1-2H3. The highest BCUT2D eigenvalue weighted by Gasteiger charge is 2.07. The van der Waals surface area contributed by atoms with Crippen LogP contribution in [0.4, 0.5) is 0 Å². The van der Waals surface area contributed by atoms with Crippen molar-refractivity contribution >= 4 is 27.5 Å². The molecular weight excluding hydrogens is 279 g/mol. The van der Waals surface area contributed by atoms with Gasteiger partial charge < -0.3 is 4.74 Å². The molecular formula is C10H14BrClN2O. The molecule has 15 heavy (non-hydrogen) atoms. The van der Waals surface area contributed by atoms with Crippen LogP contribution in [0.5, 0.6) is 5.88 Å². The van der Waals surface area contributed by atoms with Crippen molar-refractivity contribution < 1.29 is 4.74 Å². The molecule has 1 rings (SSSR count). The van der Waals surface area contributed by atoms with E-state index in [2.05, 4.69) is 39.7 Å². The van der Waals surface area contributed by atoms with Gasteiger partial charge >= 0.3 is 0 Å². The highest BCUT2D eigenvalue weighted by molar-refractivity contribution is 9.10. The molecule has 0 saturated heterocycles. The highest BCUT2D eigenvalue weighted by atomic mass is 79.9. The molecule has 0 aliphatic rings. The minimum Gasteiger partial charge on any atom is -0.476 e. The monoisotopic (exact) mass is 292 g/mol. The molecule has 0 spiro atoms. The molecule has 0 amide bonds. The van der Waals surface area contributed by atoms with E-state index in [9.17, 15) is 0 Å². The second kappa shape index (κ2) is 6.28. The third kappa shape index (κ3) is 4.34. The van der Waals surface area contributed by atoms with Crippen LogP contribution >= 0.6 is 27.5 Å². The Balaban J connectivity index is 2.53. The molecule has 0 bridgehead atoms. The summed E-state index contributed by atoms with van der Waals surface area (Å²) in [7, 11) is 0. The van der Waals surface area contributed by atoms with Crippen LogP contribution in [0.25, 0.3) is 0 Å². The van der Waals surface area contributed by atoms with Gasteiger partial charge in [0, 0.05) is 6.20 Å². The summed E-state index contributed by atoms with van der Waals surface area (Å²) in [5, 5.41) is 0.205. The summed E-state index contributed by atoms with van der Waals surface area (Å²) >= 11 is 8.98. The largest absolute Gasteiger partial charge is 0.476 e. The molecule has 3 nitrogen and oxygen atoms in total. The molecule has 0 aromatic carbocycles. The van der Waals surface area contributed by atoms with Crippen LogP contribution in [-0.2, 0) is 0 Å². The summed E-state index contributed by atoms with van der Waals surface area (Å²) in [6.07, 6.45) is 3.90. The van der Waals surface area contributed by atoms with Crippen LogP contribution < -0.4 is 4.74 Å². The van der Waals surface area contributed by atoms with Gasteiger partial charge in [-0.05, 0) is 39.9 Å². The summed E-state index contributed by atoms with van der Waals surface area (Å²) < 4.78 is 6.28. The lowest BCUT2D eigenvalue weighted by Crippen LogP contribution is -2.09. The number of nitrogens with zero attached hydrogens (tertiary/aromatic N) is 2. The van der Waals surface area contributed by atoms with E-state index < -0.39 is 0 Å². The van der Waals surface area contributed by atoms with E-state index in [4.69, 9.17) is 16.3 Å². The minimum absolute atomic E-state index is 0.205. The average Bonchev–Trinajstić information content (AvgIpc) is 2.20. The summed E-state index contributed by atoms with van der Waals surface area (Å²) in [4.78, 5) is 7.82. The first-order chi connectivity index (χ1) is 7.13. The van der Waals surface area contributed by atoms with Crippen molar-refractivity contribution in [2.75, 3.05) is 6.61 Å². The van der Waals surface area contributed by atoms with Crippen molar-refractivity contribution in [1.29, 1.82) is 0 Å². The fourth-order valence-corrected chi connectivity index (χ4v) is 1.66. The smallest absolute Gasteiger partial charge is 0.232 e. The summed E-state index contributed by atoms with van der Waals surface area (Å²) in [5.74, 6) is 1.04. The SMILES string of the molecule is CCCC(C)COc1nc(Cl)ncc1Br. The van der Waals surface area contributed by atoms with Gasteiger partial charge in [-0.2, -0.15) is 4.98 Å². The third-order valence-corrected chi connectivity index (χ3v) is 2.69. The zero-order valence-electron chi connectivity index (χ0n) is 8.83. The second-order valence-corrected chi connectivity index (χ2v) is 4.69. The first-order valence-electron chi connectivity index (χ1n) is 4.94. The Labute approximate surface area is 103 Å². The molecule has 0 saturated carbocycles. The Bertz CT molecular complexity index is 322. The summed E-state index contributed by atoms with van der Waals surface area (Å²) in [6, 6.07) is 0. The van der Waals surface area contributed by atoms with Gasteiger partial charge in [0.15, 0.2) is 0 Å². The van der Waals surface area contributed by atoms with Gasteiger partial charge in [0.1, 0.15) is 0 Å². The fourth-order valence-electron chi connectivity index (χ4n) is 1.23. The molecule has 1 aromatic heterocycles. The zero-order chi connectivity index (χ0) is 11.3. The van der Waals surface area contributed by atoms with Crippen LogP contribution in [0.3, 0.4) is 0 Å². The van der Waals surface area contributed by atoms with Crippen LogP contribution in [0.1, 0.15) is 26.7 Å². The Morgan fingerprint density at radius 1 is 1.60 bits per heavy atom. The van der Waals surface area contributed by atoms with Crippen molar-refractivity contribution in [2.45, 2.75) is 26.7 Å². The maximum Gasteiger partial charge on any atom is 0.232 e. The molecule has 0 aliphatic carbocycles. The topological polar surface area (TPSA) is 35.0 Å². The molecule has 0 aliphatic heterocycles. The van der Waals surface area contributed by atoms with Gasteiger partial charge in [0.05, 0.1) is 11.1 Å². The molecule has 0 N–H and O–H groups in total. The van der Waals surface area contributed by atoms with Gasteiger partial charge in [-0.15, -0.1) is 0 Å². The molecule has 0 radical (unpaired) electrons. The molecule has 1 aromatic rings. The summed E-state index contributed by atoms with van der Waals surface area (Å²) in [5.41, 5.74) is 0. The van der Waals surface area contributed by atoms with Crippen molar-refractivity contribution in [3.63, 3.8) is 0 Å². The summed E-state index contributed by atoms with van der Waals surface area (Å²) in [6.45, 7) is 4.97. The van der Waals surface area contributed by atoms with Crippen molar-refractivity contribution in [3.8, 4) is 5.88 Å². The normalized spacial score (nSPS) is 12.5. The Morgan fingerprint density at radius 3 is 3.00 bits per heavy atom. The Hall–Kier alpha value is -0.350. The minimum atomic E-state index is 0.205. The lowest BCUT2D eigenvalue weighted by molar-refractivity contribution is 0.241. The van der Waals surface area contributed by atoms with Gasteiger partial charge in [-0.25, -0.2) is 4.98 Å². The predicted octanol–water partition coefficient (Wildman–Crippen LogP) is 3.71. The Kier molecular flexibility index (Phi) is 5.32. The van der Waals surface area contributed by atoms with E-state index in [1.807, 2.05) is 0 Å². The van der Waals surface area contributed by atoms with E-state index in [0.717, 1.165) is 17.3 Å². The van der Waals surface area contributed by atoms with Crippen LogP contribution in [0, 0.1) is 5.92 Å². The number of aromatic nitrogens is 2. The van der Waals surface area contributed by atoms with Crippen LogP contribution in [0.15, 0.2) is 10.7 Å².